The van der Waals surface area contributed by atoms with Crippen molar-refractivity contribution in [2.24, 2.45) is 0 Å². The summed E-state index contributed by atoms with van der Waals surface area (Å²) < 4.78 is 65.9. The molecular weight excluding hydrogens is 399 g/mol. The van der Waals surface area contributed by atoms with Crippen molar-refractivity contribution in [2.45, 2.75) is 23.5 Å². The van der Waals surface area contributed by atoms with Gasteiger partial charge >= 0.3 is 6.18 Å². The number of halogens is 3. The van der Waals surface area contributed by atoms with Gasteiger partial charge in [0.05, 0.1) is 10.5 Å². The number of sulfonamides is 1. The molecule has 0 radical (unpaired) electrons. The van der Waals surface area contributed by atoms with Gasteiger partial charge in [-0.25, -0.2) is 18.6 Å². The Labute approximate surface area is 158 Å². The van der Waals surface area contributed by atoms with Crippen LogP contribution in [-0.2, 0) is 22.6 Å². The molecule has 0 saturated carbocycles. The summed E-state index contributed by atoms with van der Waals surface area (Å²) in [6.45, 7) is 0.219. The molecule has 0 saturated heterocycles. The number of rotatable bonds is 4. The first-order chi connectivity index (χ1) is 13.1. The number of fused-ring (bicyclic) bond motifs is 1. The van der Waals surface area contributed by atoms with Crippen LogP contribution in [0, 0.1) is 0 Å². The van der Waals surface area contributed by atoms with Gasteiger partial charge in [0.2, 0.25) is 10.0 Å². The molecule has 1 unspecified atom stereocenters. The van der Waals surface area contributed by atoms with Gasteiger partial charge in [0.15, 0.2) is 0 Å². The van der Waals surface area contributed by atoms with Crippen molar-refractivity contribution in [3.05, 3.63) is 59.2 Å². The SMILES string of the molecule is O=C(NO)c1ccc2c(c1)CC(NS(=O)(=O)c1cccc(C(F)(F)F)c1)CN2. The van der Waals surface area contributed by atoms with Crippen molar-refractivity contribution in [1.29, 1.82) is 0 Å². The van der Waals surface area contributed by atoms with Gasteiger partial charge in [-0.3, -0.25) is 10.0 Å². The summed E-state index contributed by atoms with van der Waals surface area (Å²) >= 11 is 0. The summed E-state index contributed by atoms with van der Waals surface area (Å²) in [4.78, 5) is 11.0. The number of amides is 1. The number of nitrogens with one attached hydrogen (secondary N) is 3. The van der Waals surface area contributed by atoms with E-state index in [-0.39, 0.29) is 18.5 Å². The zero-order valence-corrected chi connectivity index (χ0v) is 15.1. The summed E-state index contributed by atoms with van der Waals surface area (Å²) in [5.41, 5.74) is 1.97. The molecule has 2 aromatic rings. The highest BCUT2D eigenvalue weighted by molar-refractivity contribution is 7.89. The second-order valence-corrected chi connectivity index (χ2v) is 7.96. The van der Waals surface area contributed by atoms with E-state index in [0.717, 1.165) is 18.2 Å². The van der Waals surface area contributed by atoms with Gasteiger partial charge in [-0.1, -0.05) is 6.07 Å². The average Bonchev–Trinajstić information content (AvgIpc) is 2.66. The fraction of sp³-hybridized carbons (Fsp3) is 0.235. The van der Waals surface area contributed by atoms with Gasteiger partial charge in [-0.2, -0.15) is 13.2 Å². The first kappa shape index (κ1) is 20.1. The minimum atomic E-state index is -4.65. The topological polar surface area (TPSA) is 108 Å². The third kappa shape index (κ3) is 4.26. The summed E-state index contributed by atoms with van der Waals surface area (Å²) in [5.74, 6) is -0.713. The second kappa shape index (κ2) is 7.41. The van der Waals surface area contributed by atoms with Crippen molar-refractivity contribution < 1.29 is 31.6 Å². The normalized spacial score (nSPS) is 16.8. The molecule has 11 heteroatoms. The molecule has 28 heavy (non-hydrogen) atoms. The monoisotopic (exact) mass is 415 g/mol. The van der Waals surface area contributed by atoms with Gasteiger partial charge in [0.1, 0.15) is 0 Å². The Kier molecular flexibility index (Phi) is 5.33. The number of benzene rings is 2. The Morgan fingerprint density at radius 2 is 1.93 bits per heavy atom. The zero-order chi connectivity index (χ0) is 20.5. The highest BCUT2D eigenvalue weighted by Gasteiger charge is 2.32. The highest BCUT2D eigenvalue weighted by Crippen LogP contribution is 2.30. The number of hydroxylamine groups is 1. The molecule has 2 aromatic carbocycles. The molecule has 1 heterocycles. The first-order valence-corrected chi connectivity index (χ1v) is 9.59. The van der Waals surface area contributed by atoms with E-state index >= 15 is 0 Å². The van der Waals surface area contributed by atoms with Crippen LogP contribution in [0.4, 0.5) is 18.9 Å². The number of hydrogen-bond donors (Lipinski definition) is 4. The van der Waals surface area contributed by atoms with Crippen LogP contribution in [-0.4, -0.2) is 32.1 Å². The van der Waals surface area contributed by atoms with E-state index in [0.29, 0.717) is 17.3 Å². The molecule has 4 N–H and O–H groups in total. The van der Waals surface area contributed by atoms with E-state index in [1.54, 1.807) is 6.07 Å². The van der Waals surface area contributed by atoms with Crippen LogP contribution >= 0.6 is 0 Å². The fourth-order valence-corrected chi connectivity index (χ4v) is 4.20. The fourth-order valence-electron chi connectivity index (χ4n) is 2.92. The van der Waals surface area contributed by atoms with E-state index in [4.69, 9.17) is 5.21 Å². The van der Waals surface area contributed by atoms with E-state index in [1.165, 1.54) is 17.6 Å². The lowest BCUT2D eigenvalue weighted by atomic mass is 9.98. The molecule has 0 fully saturated rings. The summed E-state index contributed by atoms with van der Waals surface area (Å²) in [6, 6.07) is 7.47. The molecule has 0 aliphatic carbocycles. The third-order valence-corrected chi connectivity index (χ3v) is 5.79. The van der Waals surface area contributed by atoms with Crippen molar-refractivity contribution in [3.8, 4) is 0 Å². The van der Waals surface area contributed by atoms with Crippen LogP contribution in [0.3, 0.4) is 0 Å². The lowest BCUT2D eigenvalue weighted by Gasteiger charge is -2.27. The molecule has 1 atom stereocenters. The predicted molar refractivity (Wildman–Crippen MR) is 93.4 cm³/mol. The van der Waals surface area contributed by atoms with Crippen LogP contribution in [0.15, 0.2) is 47.4 Å². The number of anilines is 1. The summed E-state index contributed by atoms with van der Waals surface area (Å²) in [7, 11) is -4.19. The summed E-state index contributed by atoms with van der Waals surface area (Å²) in [6.07, 6.45) is -4.44. The summed E-state index contributed by atoms with van der Waals surface area (Å²) in [5, 5.41) is 11.7. The number of carbonyl (C=O) groups is 1. The standard InChI is InChI=1S/C17H16F3N3O4S/c18-17(19,20)12-2-1-3-14(8-12)28(26,27)23-13-7-11-6-10(16(24)22-25)4-5-15(11)21-9-13/h1-6,8,13,21,23,25H,7,9H2,(H,22,24). The van der Waals surface area contributed by atoms with Gasteiger partial charge in [-0.15, -0.1) is 0 Å². The Hall–Kier alpha value is -2.63. The Morgan fingerprint density at radius 3 is 2.61 bits per heavy atom. The number of hydrogen-bond acceptors (Lipinski definition) is 5. The Balaban J connectivity index is 1.80. The number of alkyl halides is 3. The van der Waals surface area contributed by atoms with Crippen molar-refractivity contribution in [3.63, 3.8) is 0 Å². The molecule has 7 nitrogen and oxygen atoms in total. The van der Waals surface area contributed by atoms with Gasteiger partial charge in [-0.05, 0) is 48.4 Å². The van der Waals surface area contributed by atoms with Gasteiger partial charge < -0.3 is 5.32 Å². The Bertz CT molecular complexity index is 1010. The molecule has 1 amide bonds. The van der Waals surface area contributed by atoms with Crippen molar-refractivity contribution in [1.82, 2.24) is 10.2 Å². The van der Waals surface area contributed by atoms with Crippen LogP contribution in [0.1, 0.15) is 21.5 Å². The molecular formula is C17H16F3N3O4S. The smallest absolute Gasteiger partial charge is 0.383 e. The number of carbonyl (C=O) groups excluding carboxylic acids is 1. The second-order valence-electron chi connectivity index (χ2n) is 6.24. The molecule has 0 aromatic heterocycles. The average molecular weight is 415 g/mol. The highest BCUT2D eigenvalue weighted by atomic mass is 32.2. The van der Waals surface area contributed by atoms with Crippen LogP contribution < -0.4 is 15.5 Å². The molecule has 0 bridgehead atoms. The van der Waals surface area contributed by atoms with E-state index in [9.17, 15) is 26.4 Å². The minimum absolute atomic E-state index is 0.185. The maximum absolute atomic E-state index is 12.8. The van der Waals surface area contributed by atoms with E-state index in [1.807, 2.05) is 0 Å². The first-order valence-electron chi connectivity index (χ1n) is 8.11. The maximum Gasteiger partial charge on any atom is 0.416 e. The lowest BCUT2D eigenvalue weighted by molar-refractivity contribution is -0.137. The molecule has 150 valence electrons. The zero-order valence-electron chi connectivity index (χ0n) is 14.2. The van der Waals surface area contributed by atoms with Crippen molar-refractivity contribution >= 4 is 21.6 Å². The molecule has 3 rings (SSSR count). The predicted octanol–water partition coefficient (Wildman–Crippen LogP) is 2.14. The molecule has 1 aliphatic rings. The quantitative estimate of drug-likeness (QED) is 0.452. The molecule has 1 aliphatic heterocycles. The molecule has 0 spiro atoms. The van der Waals surface area contributed by atoms with Gasteiger partial charge in [0, 0.05) is 23.8 Å². The third-order valence-electron chi connectivity index (χ3n) is 4.27. The minimum Gasteiger partial charge on any atom is -0.383 e. The van der Waals surface area contributed by atoms with Gasteiger partial charge in [0.25, 0.3) is 5.91 Å². The van der Waals surface area contributed by atoms with Crippen LogP contribution in [0.25, 0.3) is 0 Å². The van der Waals surface area contributed by atoms with E-state index < -0.39 is 38.6 Å². The lowest BCUT2D eigenvalue weighted by Crippen LogP contribution is -2.43. The van der Waals surface area contributed by atoms with Crippen molar-refractivity contribution in [2.75, 3.05) is 11.9 Å². The Morgan fingerprint density at radius 1 is 1.18 bits per heavy atom. The van der Waals surface area contributed by atoms with Crippen LogP contribution in [0.5, 0.6) is 0 Å². The van der Waals surface area contributed by atoms with E-state index in [2.05, 4.69) is 10.0 Å². The van der Waals surface area contributed by atoms with Crippen LogP contribution in [0.2, 0.25) is 0 Å². The maximum atomic E-state index is 12.8. The largest absolute Gasteiger partial charge is 0.416 e.